The molecule has 0 fully saturated rings. The molecular weight excluding hydrogens is 981 g/mol. The third-order valence-corrected chi connectivity index (χ3v) is 13.2. The average molecular weight is 1040 g/mol. The molecule has 0 amide bonds. The van der Waals surface area contributed by atoms with Crippen molar-refractivity contribution in [1.82, 2.24) is 0 Å². The number of benzene rings is 10. The minimum atomic E-state index is 0.0349. The molecule has 10 rings (SSSR count). The predicted molar refractivity (Wildman–Crippen MR) is 318 cm³/mol. The maximum absolute atomic E-state index is 12.1. The fourth-order valence-electron chi connectivity index (χ4n) is 8.90. The lowest BCUT2D eigenvalue weighted by atomic mass is 9.85. The summed E-state index contributed by atoms with van der Waals surface area (Å²) in [5.74, 6) is 3.15. The quantitative estimate of drug-likeness (QED) is 0.0665. The van der Waals surface area contributed by atoms with E-state index in [1.807, 2.05) is 104 Å². The minimum Gasteiger partial charge on any atom is -0.508 e. The van der Waals surface area contributed by atoms with Crippen LogP contribution in [0.3, 0.4) is 0 Å². The molecule has 8 heteroatoms. The molecule has 0 saturated heterocycles. The predicted octanol–water partition coefficient (Wildman–Crippen LogP) is 16.1. The Balaban J connectivity index is 0.000000163. The molecule has 0 aromatic heterocycles. The minimum absolute atomic E-state index is 0.0349. The van der Waals surface area contributed by atoms with Gasteiger partial charge in [0.25, 0.3) is 0 Å². The first-order chi connectivity index (χ1) is 38.3. The van der Waals surface area contributed by atoms with Gasteiger partial charge in [0.05, 0.1) is 21.3 Å². The highest BCUT2D eigenvalue weighted by Crippen LogP contribution is 2.40. The number of hydrogen-bond acceptors (Lipinski definition) is 8. The zero-order valence-corrected chi connectivity index (χ0v) is 45.0. The van der Waals surface area contributed by atoms with E-state index in [9.17, 15) is 25.2 Å². The Kier molecular flexibility index (Phi) is 18.3. The van der Waals surface area contributed by atoms with Crippen LogP contribution in [0.25, 0.3) is 22.3 Å². The summed E-state index contributed by atoms with van der Waals surface area (Å²) in [6.45, 7) is 6.23. The lowest BCUT2D eigenvalue weighted by Crippen LogP contribution is -2.00. The van der Waals surface area contributed by atoms with Crippen LogP contribution in [-0.4, -0.2) is 47.5 Å². The molecular formula is C71H62O8. The standard InChI is InChI=1S/C30H28O2.C26H20O4.C15H14O2/c1-21-5-9-23(10-6-21)29(25-13-17-27(31-3)18-14-25)30(24-11-7-22(2)8-12-24)26-15-19-28(32-4)20-16-26;27-21-9-1-17(2-10-21)25(18-3-11-22(28)12-4-18)26(19-5-13-23(29)14-6-19)20-7-15-24(30)16-8-20;1-11-3-5-12(6-4-11)15(16)13-7-9-14(17-2)10-8-13/h5-20H,1-4H3;1-16,27-30H;3-10H,1-2H3/b30-29-;;. The first kappa shape index (κ1) is 55.2. The second-order valence-corrected chi connectivity index (χ2v) is 18.8. The van der Waals surface area contributed by atoms with Gasteiger partial charge in [-0.05, 0) is 185 Å². The number of methoxy groups -OCH3 is 3. The van der Waals surface area contributed by atoms with Crippen molar-refractivity contribution in [2.75, 3.05) is 21.3 Å². The second kappa shape index (κ2) is 26.1. The summed E-state index contributed by atoms with van der Waals surface area (Å²) in [5, 5.41) is 39.1. The first-order valence-corrected chi connectivity index (χ1v) is 25.6. The van der Waals surface area contributed by atoms with Crippen LogP contribution < -0.4 is 14.2 Å². The van der Waals surface area contributed by atoms with Gasteiger partial charge >= 0.3 is 0 Å². The Morgan fingerprint density at radius 2 is 0.392 bits per heavy atom. The summed E-state index contributed by atoms with van der Waals surface area (Å²) >= 11 is 0. The molecule has 4 N–H and O–H groups in total. The van der Waals surface area contributed by atoms with E-state index in [1.54, 1.807) is 94.1 Å². The normalized spacial score (nSPS) is 10.9. The van der Waals surface area contributed by atoms with Crippen LogP contribution in [0.4, 0.5) is 0 Å². The summed E-state index contributed by atoms with van der Waals surface area (Å²) in [6, 6.07) is 76.5. The van der Waals surface area contributed by atoms with Crippen molar-refractivity contribution in [3.8, 4) is 40.2 Å². The Hall–Kier alpha value is -10.1. The lowest BCUT2D eigenvalue weighted by molar-refractivity contribution is 0.103. The molecule has 0 aliphatic heterocycles. The van der Waals surface area contributed by atoms with E-state index >= 15 is 0 Å². The number of ketones is 1. The SMILES string of the molecule is COc1ccc(/C(=C(/c2ccc(C)cc2)c2ccc(OC)cc2)c2ccc(C)cc2)cc1.COc1ccc(C(=O)c2ccc(C)cc2)cc1.Oc1ccc(C(=C(c2ccc(O)cc2)c2ccc(O)cc2)c2ccc(O)cc2)cc1. The van der Waals surface area contributed by atoms with Gasteiger partial charge in [0.15, 0.2) is 5.78 Å². The Labute approximate surface area is 462 Å². The van der Waals surface area contributed by atoms with E-state index in [0.717, 1.165) is 67.3 Å². The third kappa shape index (κ3) is 14.3. The number of carbonyl (C=O) groups is 1. The molecule has 394 valence electrons. The molecule has 8 nitrogen and oxygen atoms in total. The molecule has 0 heterocycles. The molecule has 0 unspecified atom stereocenters. The second-order valence-electron chi connectivity index (χ2n) is 18.8. The van der Waals surface area contributed by atoms with Gasteiger partial charge in [0.2, 0.25) is 0 Å². The molecule has 0 aliphatic rings. The molecule has 0 aliphatic carbocycles. The fourth-order valence-corrected chi connectivity index (χ4v) is 8.90. The molecule has 10 aromatic carbocycles. The van der Waals surface area contributed by atoms with Crippen LogP contribution in [0, 0.1) is 20.8 Å². The maximum Gasteiger partial charge on any atom is 0.193 e. The van der Waals surface area contributed by atoms with Crippen LogP contribution in [0.15, 0.2) is 243 Å². The van der Waals surface area contributed by atoms with E-state index in [-0.39, 0.29) is 28.8 Å². The molecule has 0 saturated carbocycles. The number of phenolic OH excluding ortho intramolecular Hbond substituents is 4. The van der Waals surface area contributed by atoms with Gasteiger partial charge in [-0.3, -0.25) is 4.79 Å². The Morgan fingerprint density at radius 1 is 0.241 bits per heavy atom. The molecule has 10 aromatic rings. The van der Waals surface area contributed by atoms with Gasteiger partial charge in [-0.15, -0.1) is 0 Å². The smallest absolute Gasteiger partial charge is 0.193 e. The number of ether oxygens (including phenoxy) is 3. The average Bonchev–Trinajstić information content (AvgIpc) is 3.48. The van der Waals surface area contributed by atoms with Crippen LogP contribution >= 0.6 is 0 Å². The van der Waals surface area contributed by atoms with Crippen molar-refractivity contribution in [2.45, 2.75) is 20.8 Å². The van der Waals surface area contributed by atoms with Crippen molar-refractivity contribution < 1.29 is 39.4 Å². The van der Waals surface area contributed by atoms with Gasteiger partial charge in [-0.25, -0.2) is 0 Å². The Bertz CT molecular complexity index is 3350. The van der Waals surface area contributed by atoms with Gasteiger partial charge in [-0.2, -0.15) is 0 Å². The van der Waals surface area contributed by atoms with E-state index in [0.29, 0.717) is 11.1 Å². The zero-order chi connectivity index (χ0) is 55.8. The van der Waals surface area contributed by atoms with E-state index < -0.39 is 0 Å². The van der Waals surface area contributed by atoms with E-state index in [4.69, 9.17) is 14.2 Å². The highest BCUT2D eigenvalue weighted by molar-refractivity contribution is 6.09. The number of phenols is 4. The van der Waals surface area contributed by atoms with Crippen LogP contribution in [0.5, 0.6) is 40.2 Å². The van der Waals surface area contributed by atoms with Gasteiger partial charge in [-0.1, -0.05) is 162 Å². The fraction of sp³-hybridized carbons (Fsp3) is 0.0845. The van der Waals surface area contributed by atoms with Gasteiger partial charge in [0, 0.05) is 11.1 Å². The summed E-state index contributed by atoms with van der Waals surface area (Å²) in [5.41, 5.74) is 17.2. The monoisotopic (exact) mass is 1040 g/mol. The third-order valence-electron chi connectivity index (χ3n) is 13.2. The van der Waals surface area contributed by atoms with Crippen molar-refractivity contribution >= 4 is 28.1 Å². The van der Waals surface area contributed by atoms with Gasteiger partial charge < -0.3 is 34.6 Å². The van der Waals surface area contributed by atoms with Crippen LogP contribution in [0.2, 0.25) is 0 Å². The highest BCUT2D eigenvalue weighted by atomic mass is 16.5. The summed E-state index contributed by atoms with van der Waals surface area (Å²) < 4.78 is 15.9. The number of aryl methyl sites for hydroxylation is 3. The number of rotatable bonds is 13. The van der Waals surface area contributed by atoms with Crippen LogP contribution in [-0.2, 0) is 0 Å². The van der Waals surface area contributed by atoms with Crippen molar-refractivity contribution in [3.63, 3.8) is 0 Å². The van der Waals surface area contributed by atoms with Gasteiger partial charge in [0.1, 0.15) is 40.2 Å². The zero-order valence-electron chi connectivity index (χ0n) is 45.0. The number of carbonyl (C=O) groups excluding carboxylic acids is 1. The molecule has 0 bridgehead atoms. The van der Waals surface area contributed by atoms with Crippen LogP contribution in [0.1, 0.15) is 77.1 Å². The summed E-state index contributed by atoms with van der Waals surface area (Å²) in [6.07, 6.45) is 0. The Morgan fingerprint density at radius 3 is 0.582 bits per heavy atom. The first-order valence-electron chi connectivity index (χ1n) is 25.6. The van der Waals surface area contributed by atoms with E-state index in [2.05, 4.69) is 86.6 Å². The van der Waals surface area contributed by atoms with Crippen molar-refractivity contribution in [3.05, 3.63) is 315 Å². The summed E-state index contributed by atoms with van der Waals surface area (Å²) in [4.78, 5) is 12.1. The molecule has 79 heavy (non-hydrogen) atoms. The highest BCUT2D eigenvalue weighted by Gasteiger charge is 2.19. The topological polar surface area (TPSA) is 126 Å². The molecule has 0 atom stereocenters. The van der Waals surface area contributed by atoms with Crippen molar-refractivity contribution in [2.24, 2.45) is 0 Å². The lowest BCUT2D eigenvalue weighted by Gasteiger charge is -2.19. The molecule has 0 radical (unpaired) electrons. The largest absolute Gasteiger partial charge is 0.508 e. The molecule has 0 spiro atoms. The number of aromatic hydroxyl groups is 4. The van der Waals surface area contributed by atoms with Crippen molar-refractivity contribution in [1.29, 1.82) is 0 Å². The maximum atomic E-state index is 12.1. The summed E-state index contributed by atoms with van der Waals surface area (Å²) in [7, 11) is 5.00. The number of hydrogen-bond donors (Lipinski definition) is 4. The van der Waals surface area contributed by atoms with E-state index in [1.165, 1.54) is 33.4 Å².